The zero-order valence-corrected chi connectivity index (χ0v) is 17.2. The Morgan fingerprint density at radius 3 is 2.67 bits per heavy atom. The Morgan fingerprint density at radius 1 is 1.17 bits per heavy atom. The van der Waals surface area contributed by atoms with E-state index >= 15 is 0 Å². The third-order valence-electron chi connectivity index (χ3n) is 4.70. The number of nitrogens with zero attached hydrogens (tertiary/aromatic N) is 2. The molecule has 2 aromatic carbocycles. The van der Waals surface area contributed by atoms with E-state index < -0.39 is 5.91 Å². The molecule has 0 aliphatic rings. The first-order valence-corrected chi connectivity index (χ1v) is 9.78. The van der Waals surface area contributed by atoms with Crippen molar-refractivity contribution in [1.29, 1.82) is 5.26 Å². The normalized spacial score (nSPS) is 11.3. The van der Waals surface area contributed by atoms with Crippen molar-refractivity contribution in [2.75, 3.05) is 26.9 Å². The van der Waals surface area contributed by atoms with Crippen LogP contribution in [0.25, 0.3) is 17.0 Å². The summed E-state index contributed by atoms with van der Waals surface area (Å²) in [6, 6.07) is 17.9. The van der Waals surface area contributed by atoms with Gasteiger partial charge in [0.1, 0.15) is 24.0 Å². The van der Waals surface area contributed by atoms with Crippen molar-refractivity contribution >= 4 is 22.9 Å². The zero-order valence-electron chi connectivity index (χ0n) is 17.2. The first kappa shape index (κ1) is 21.2. The lowest BCUT2D eigenvalue weighted by Crippen LogP contribution is -2.27. The standard InChI is InChI=1S/C24H25N3O3/c1-18-7-9-21(10-8-18)30-14-12-27-17-20(22-5-3-4-6-23(22)27)15-19(16-25)24(28)26-11-13-29-2/h3-10,15,17H,11-14H2,1-2H3,(H,26,28)/b19-15+. The van der Waals surface area contributed by atoms with Gasteiger partial charge in [0.25, 0.3) is 5.91 Å². The number of nitrogens with one attached hydrogen (secondary N) is 1. The molecule has 0 atom stereocenters. The topological polar surface area (TPSA) is 76.3 Å². The van der Waals surface area contributed by atoms with Gasteiger partial charge in [0.2, 0.25) is 0 Å². The molecule has 154 valence electrons. The van der Waals surface area contributed by atoms with Crippen LogP contribution in [0.1, 0.15) is 11.1 Å². The third-order valence-corrected chi connectivity index (χ3v) is 4.70. The number of ether oxygens (including phenoxy) is 2. The Balaban J connectivity index is 1.78. The maximum atomic E-state index is 12.3. The van der Waals surface area contributed by atoms with Gasteiger partial charge < -0.3 is 19.4 Å². The minimum Gasteiger partial charge on any atom is -0.492 e. The molecule has 0 aliphatic heterocycles. The van der Waals surface area contributed by atoms with E-state index in [2.05, 4.69) is 9.88 Å². The van der Waals surface area contributed by atoms with E-state index in [1.807, 2.05) is 67.7 Å². The highest BCUT2D eigenvalue weighted by Crippen LogP contribution is 2.24. The predicted octanol–water partition coefficient (Wildman–Crippen LogP) is 3.70. The minimum atomic E-state index is -0.408. The molecule has 0 bridgehead atoms. The molecule has 0 radical (unpaired) electrons. The highest BCUT2D eigenvalue weighted by molar-refractivity contribution is 6.04. The number of nitriles is 1. The lowest BCUT2D eigenvalue weighted by molar-refractivity contribution is -0.117. The Labute approximate surface area is 176 Å². The maximum Gasteiger partial charge on any atom is 0.262 e. The van der Waals surface area contributed by atoms with E-state index in [1.54, 1.807) is 13.2 Å². The zero-order chi connectivity index (χ0) is 21.3. The second-order valence-corrected chi connectivity index (χ2v) is 6.88. The molecular weight excluding hydrogens is 378 g/mol. The monoisotopic (exact) mass is 403 g/mol. The summed E-state index contributed by atoms with van der Waals surface area (Å²) < 4.78 is 12.9. The van der Waals surface area contributed by atoms with Crippen molar-refractivity contribution in [2.24, 2.45) is 0 Å². The summed E-state index contributed by atoms with van der Waals surface area (Å²) >= 11 is 0. The summed E-state index contributed by atoms with van der Waals surface area (Å²) in [6.07, 6.45) is 3.57. The molecule has 1 amide bonds. The smallest absolute Gasteiger partial charge is 0.262 e. The first-order valence-electron chi connectivity index (χ1n) is 9.78. The number of amides is 1. The fourth-order valence-corrected chi connectivity index (χ4v) is 3.14. The Hall–Kier alpha value is -3.56. The van der Waals surface area contributed by atoms with E-state index in [1.165, 1.54) is 5.56 Å². The molecule has 0 fully saturated rings. The van der Waals surface area contributed by atoms with Crippen molar-refractivity contribution in [1.82, 2.24) is 9.88 Å². The van der Waals surface area contributed by atoms with Crippen LogP contribution in [0.4, 0.5) is 0 Å². The van der Waals surface area contributed by atoms with E-state index in [0.717, 1.165) is 22.2 Å². The van der Waals surface area contributed by atoms with Crippen molar-refractivity contribution in [3.05, 3.63) is 71.4 Å². The third kappa shape index (κ3) is 5.28. The van der Waals surface area contributed by atoms with E-state index in [0.29, 0.717) is 26.3 Å². The fraction of sp³-hybridized carbons (Fsp3) is 0.250. The number of aromatic nitrogens is 1. The largest absolute Gasteiger partial charge is 0.492 e. The lowest BCUT2D eigenvalue weighted by Gasteiger charge is -2.08. The molecule has 0 saturated heterocycles. The number of para-hydroxylation sites is 1. The van der Waals surface area contributed by atoms with Crippen LogP contribution in [0.3, 0.4) is 0 Å². The summed E-state index contributed by atoms with van der Waals surface area (Å²) in [4.78, 5) is 12.3. The first-order chi connectivity index (χ1) is 14.6. The average molecular weight is 403 g/mol. The van der Waals surface area contributed by atoms with Gasteiger partial charge in [-0.1, -0.05) is 35.9 Å². The van der Waals surface area contributed by atoms with Crippen LogP contribution in [0, 0.1) is 18.3 Å². The van der Waals surface area contributed by atoms with Gasteiger partial charge in [-0.25, -0.2) is 0 Å². The quantitative estimate of drug-likeness (QED) is 0.336. The molecule has 1 aromatic heterocycles. The molecule has 6 nitrogen and oxygen atoms in total. The maximum absolute atomic E-state index is 12.3. The number of carbonyl (C=O) groups excluding carboxylic acids is 1. The number of methoxy groups -OCH3 is 1. The van der Waals surface area contributed by atoms with Crippen molar-refractivity contribution in [3.63, 3.8) is 0 Å². The van der Waals surface area contributed by atoms with Gasteiger partial charge in [0.05, 0.1) is 13.2 Å². The van der Waals surface area contributed by atoms with Gasteiger partial charge in [-0.15, -0.1) is 0 Å². The van der Waals surface area contributed by atoms with Gasteiger partial charge in [0, 0.05) is 36.3 Å². The van der Waals surface area contributed by atoms with E-state index in [9.17, 15) is 10.1 Å². The molecule has 1 N–H and O–H groups in total. The second-order valence-electron chi connectivity index (χ2n) is 6.88. The molecule has 0 saturated carbocycles. The molecular formula is C24H25N3O3. The van der Waals surface area contributed by atoms with Crippen LogP contribution in [-0.2, 0) is 16.1 Å². The molecule has 0 aliphatic carbocycles. The summed E-state index contributed by atoms with van der Waals surface area (Å²) in [7, 11) is 1.56. The number of rotatable bonds is 9. The highest BCUT2D eigenvalue weighted by Gasteiger charge is 2.12. The second kappa shape index (κ2) is 10.3. The van der Waals surface area contributed by atoms with Crippen LogP contribution in [-0.4, -0.2) is 37.3 Å². The molecule has 3 rings (SSSR count). The van der Waals surface area contributed by atoms with Crippen LogP contribution >= 0.6 is 0 Å². The fourth-order valence-electron chi connectivity index (χ4n) is 3.14. The molecule has 0 unspecified atom stereocenters. The number of aryl methyl sites for hydroxylation is 1. The molecule has 30 heavy (non-hydrogen) atoms. The summed E-state index contributed by atoms with van der Waals surface area (Å²) in [6.45, 7) is 3.94. The van der Waals surface area contributed by atoms with Crippen molar-refractivity contribution in [3.8, 4) is 11.8 Å². The summed E-state index contributed by atoms with van der Waals surface area (Å²) in [5, 5.41) is 13.1. The van der Waals surface area contributed by atoms with Gasteiger partial charge in [-0.2, -0.15) is 5.26 Å². The number of hydrogen-bond donors (Lipinski definition) is 1. The van der Waals surface area contributed by atoms with Gasteiger partial charge >= 0.3 is 0 Å². The van der Waals surface area contributed by atoms with E-state index in [4.69, 9.17) is 9.47 Å². The molecule has 1 heterocycles. The Morgan fingerprint density at radius 2 is 1.93 bits per heavy atom. The SMILES string of the molecule is COCCNC(=O)/C(C#N)=C/c1cn(CCOc2ccc(C)cc2)c2ccccc12. The predicted molar refractivity (Wildman–Crippen MR) is 117 cm³/mol. The van der Waals surface area contributed by atoms with E-state index in [-0.39, 0.29) is 5.57 Å². The Bertz CT molecular complexity index is 1080. The van der Waals surface area contributed by atoms with Crippen molar-refractivity contribution < 1.29 is 14.3 Å². The lowest BCUT2D eigenvalue weighted by atomic mass is 10.1. The molecule has 0 spiro atoms. The van der Waals surface area contributed by atoms with Crippen LogP contribution in [0.2, 0.25) is 0 Å². The highest BCUT2D eigenvalue weighted by atomic mass is 16.5. The minimum absolute atomic E-state index is 0.0601. The van der Waals surface area contributed by atoms with Gasteiger partial charge in [-0.05, 0) is 31.2 Å². The van der Waals surface area contributed by atoms with Gasteiger partial charge in [0.15, 0.2) is 0 Å². The van der Waals surface area contributed by atoms with Crippen molar-refractivity contribution in [2.45, 2.75) is 13.5 Å². The number of hydrogen-bond acceptors (Lipinski definition) is 4. The van der Waals surface area contributed by atoms with Gasteiger partial charge in [-0.3, -0.25) is 4.79 Å². The summed E-state index contributed by atoms with van der Waals surface area (Å²) in [5.41, 5.74) is 3.09. The van der Waals surface area contributed by atoms with Crippen LogP contribution in [0.5, 0.6) is 5.75 Å². The molecule has 3 aromatic rings. The van der Waals surface area contributed by atoms with Crippen LogP contribution < -0.4 is 10.1 Å². The number of carbonyl (C=O) groups is 1. The summed E-state index contributed by atoms with van der Waals surface area (Å²) in [5.74, 6) is 0.422. The number of benzene rings is 2. The number of fused-ring (bicyclic) bond motifs is 1. The molecule has 6 heteroatoms. The average Bonchev–Trinajstić information content (AvgIpc) is 3.11. The Kier molecular flexibility index (Phi) is 7.25. The van der Waals surface area contributed by atoms with Crippen LogP contribution in [0.15, 0.2) is 60.3 Å².